The second-order valence-corrected chi connectivity index (χ2v) is 9.00. The van der Waals surface area contributed by atoms with E-state index in [1.807, 2.05) is 42.5 Å². The summed E-state index contributed by atoms with van der Waals surface area (Å²) in [7, 11) is 0. The van der Waals surface area contributed by atoms with Gasteiger partial charge >= 0.3 is 0 Å². The zero-order chi connectivity index (χ0) is 22.1. The predicted octanol–water partition coefficient (Wildman–Crippen LogP) is 5.32. The Bertz CT molecular complexity index is 1140. The van der Waals surface area contributed by atoms with E-state index >= 15 is 0 Å². The van der Waals surface area contributed by atoms with Crippen molar-refractivity contribution >= 4 is 23.2 Å². The van der Waals surface area contributed by atoms with Crippen molar-refractivity contribution in [3.63, 3.8) is 0 Å². The Morgan fingerprint density at radius 3 is 2.34 bits per heavy atom. The average Bonchev–Trinajstić information content (AvgIpc) is 2.82. The molecule has 1 aliphatic carbocycles. The van der Waals surface area contributed by atoms with Crippen LogP contribution in [0.15, 0.2) is 66.7 Å². The number of nitrogens with one attached hydrogen (secondary N) is 1. The van der Waals surface area contributed by atoms with Gasteiger partial charge in [-0.25, -0.2) is 0 Å². The van der Waals surface area contributed by atoms with Crippen LogP contribution in [0.4, 0.5) is 5.69 Å². The molecule has 1 amide bonds. The quantitative estimate of drug-likeness (QED) is 0.436. The van der Waals surface area contributed by atoms with Crippen molar-refractivity contribution in [1.82, 2.24) is 10.2 Å². The summed E-state index contributed by atoms with van der Waals surface area (Å²) in [6, 6.07) is 22.5. The molecule has 0 radical (unpaired) electrons. The molecule has 3 aromatic rings. The molecule has 0 saturated carbocycles. The zero-order valence-electron chi connectivity index (χ0n) is 18.4. The van der Waals surface area contributed by atoms with Gasteiger partial charge in [-0.2, -0.15) is 0 Å². The van der Waals surface area contributed by atoms with E-state index in [2.05, 4.69) is 46.3 Å². The summed E-state index contributed by atoms with van der Waals surface area (Å²) in [5.41, 5.74) is 6.57. The molecule has 1 heterocycles. The van der Waals surface area contributed by atoms with Crippen molar-refractivity contribution in [2.75, 3.05) is 37.6 Å². The summed E-state index contributed by atoms with van der Waals surface area (Å²) in [5, 5.41) is 4.11. The van der Waals surface area contributed by atoms with Gasteiger partial charge in [-0.15, -0.1) is 0 Å². The standard InChI is InChI=1S/C27H28ClN3O/c1-2-19(18-30-14-16-31(17-15-30)25-13-6-5-12-24(25)28)29-27(32)23-11-7-10-22-20-8-3-4-9-21(20)26(22)23/h3-13,19H,2,14-18H2,1H3,(H,29,32). The van der Waals surface area contributed by atoms with Crippen LogP contribution in [-0.4, -0.2) is 49.6 Å². The highest BCUT2D eigenvalue weighted by atomic mass is 35.5. The van der Waals surface area contributed by atoms with Crippen molar-refractivity contribution in [1.29, 1.82) is 0 Å². The summed E-state index contributed by atoms with van der Waals surface area (Å²) in [6.45, 7) is 6.82. The van der Waals surface area contributed by atoms with Crippen molar-refractivity contribution < 1.29 is 4.79 Å². The van der Waals surface area contributed by atoms with E-state index in [0.717, 1.165) is 61.0 Å². The second kappa shape index (κ2) is 8.97. The number of halogens is 1. The molecule has 1 N–H and O–H groups in total. The first-order chi connectivity index (χ1) is 15.7. The number of carbonyl (C=O) groups is 1. The molecule has 1 aliphatic heterocycles. The Morgan fingerprint density at radius 1 is 0.906 bits per heavy atom. The number of para-hydroxylation sites is 1. The Labute approximate surface area is 194 Å². The van der Waals surface area contributed by atoms with E-state index in [0.29, 0.717) is 0 Å². The van der Waals surface area contributed by atoms with Crippen LogP contribution >= 0.6 is 11.6 Å². The number of carbonyl (C=O) groups excluding carboxylic acids is 1. The molecule has 0 spiro atoms. The van der Waals surface area contributed by atoms with E-state index in [1.165, 1.54) is 16.7 Å². The SMILES string of the molecule is CCC(CN1CCN(c2ccccc2Cl)CC1)NC(=O)c1cccc2c1-c1ccccc1-2. The largest absolute Gasteiger partial charge is 0.368 e. The highest BCUT2D eigenvalue weighted by molar-refractivity contribution is 6.33. The van der Waals surface area contributed by atoms with E-state index < -0.39 is 0 Å². The Morgan fingerprint density at radius 2 is 1.59 bits per heavy atom. The molecule has 1 unspecified atom stereocenters. The van der Waals surface area contributed by atoms with Gasteiger partial charge in [0.25, 0.3) is 5.91 Å². The molecule has 1 saturated heterocycles. The first-order valence-electron chi connectivity index (χ1n) is 11.4. The Hall–Kier alpha value is -2.82. The smallest absolute Gasteiger partial charge is 0.252 e. The second-order valence-electron chi connectivity index (χ2n) is 8.59. The van der Waals surface area contributed by atoms with Gasteiger partial charge < -0.3 is 10.2 Å². The van der Waals surface area contributed by atoms with E-state index in [4.69, 9.17) is 11.6 Å². The number of hydrogen-bond acceptors (Lipinski definition) is 3. The maximum Gasteiger partial charge on any atom is 0.252 e. The monoisotopic (exact) mass is 445 g/mol. The zero-order valence-corrected chi connectivity index (χ0v) is 19.1. The number of nitrogens with zero attached hydrogens (tertiary/aromatic N) is 2. The topological polar surface area (TPSA) is 35.6 Å². The molecule has 5 rings (SSSR count). The number of benzene rings is 3. The minimum atomic E-state index is 0.0258. The van der Waals surface area contributed by atoms with Crippen LogP contribution in [0.25, 0.3) is 22.3 Å². The van der Waals surface area contributed by atoms with Crippen molar-refractivity contribution in [2.45, 2.75) is 19.4 Å². The van der Waals surface area contributed by atoms with Crippen LogP contribution < -0.4 is 10.2 Å². The molecular weight excluding hydrogens is 418 g/mol. The first-order valence-corrected chi connectivity index (χ1v) is 11.8. The molecule has 32 heavy (non-hydrogen) atoms. The normalized spacial score (nSPS) is 16.0. The summed E-state index contributed by atoms with van der Waals surface area (Å²) in [6.07, 6.45) is 0.905. The number of hydrogen-bond donors (Lipinski definition) is 1. The molecule has 164 valence electrons. The third-order valence-corrected chi connectivity index (χ3v) is 6.99. The lowest BCUT2D eigenvalue weighted by atomic mass is 9.78. The van der Waals surface area contributed by atoms with Gasteiger partial charge in [0, 0.05) is 49.9 Å². The number of anilines is 1. The van der Waals surface area contributed by atoms with E-state index in [1.54, 1.807) is 0 Å². The lowest BCUT2D eigenvalue weighted by Gasteiger charge is -2.38. The van der Waals surface area contributed by atoms with Gasteiger partial charge in [0.1, 0.15) is 0 Å². The van der Waals surface area contributed by atoms with Gasteiger partial charge in [0.2, 0.25) is 0 Å². The van der Waals surface area contributed by atoms with Crippen LogP contribution in [0.2, 0.25) is 5.02 Å². The van der Waals surface area contributed by atoms with Gasteiger partial charge in [-0.05, 0) is 41.3 Å². The van der Waals surface area contributed by atoms with Crippen LogP contribution in [0, 0.1) is 0 Å². The van der Waals surface area contributed by atoms with Crippen LogP contribution in [0.1, 0.15) is 23.7 Å². The maximum absolute atomic E-state index is 13.2. The number of amides is 1. The lowest BCUT2D eigenvalue weighted by Crippen LogP contribution is -2.51. The van der Waals surface area contributed by atoms with E-state index in [-0.39, 0.29) is 11.9 Å². The minimum absolute atomic E-state index is 0.0258. The molecule has 0 aromatic heterocycles. The number of rotatable bonds is 6. The first kappa shape index (κ1) is 21.0. The molecule has 5 heteroatoms. The van der Waals surface area contributed by atoms with Crippen molar-refractivity contribution in [3.8, 4) is 22.3 Å². The summed E-state index contributed by atoms with van der Waals surface area (Å²) in [5.74, 6) is 0.0258. The summed E-state index contributed by atoms with van der Waals surface area (Å²) in [4.78, 5) is 18.0. The van der Waals surface area contributed by atoms with Crippen LogP contribution in [0.5, 0.6) is 0 Å². The molecule has 3 aromatic carbocycles. The highest BCUT2D eigenvalue weighted by Crippen LogP contribution is 2.48. The van der Waals surface area contributed by atoms with Gasteiger partial charge in [0.05, 0.1) is 10.7 Å². The van der Waals surface area contributed by atoms with Crippen LogP contribution in [-0.2, 0) is 0 Å². The fourth-order valence-corrected chi connectivity index (χ4v) is 5.12. The molecule has 1 atom stereocenters. The fraction of sp³-hybridized carbons (Fsp3) is 0.296. The molecule has 0 bridgehead atoms. The summed E-state index contributed by atoms with van der Waals surface area (Å²) < 4.78 is 0. The number of piperazine rings is 1. The Kier molecular flexibility index (Phi) is 5.90. The number of fused-ring (bicyclic) bond motifs is 4. The Balaban J connectivity index is 1.21. The van der Waals surface area contributed by atoms with Crippen molar-refractivity contribution in [3.05, 3.63) is 77.3 Å². The van der Waals surface area contributed by atoms with Crippen molar-refractivity contribution in [2.24, 2.45) is 0 Å². The maximum atomic E-state index is 13.2. The highest BCUT2D eigenvalue weighted by Gasteiger charge is 2.28. The summed E-state index contributed by atoms with van der Waals surface area (Å²) >= 11 is 6.37. The van der Waals surface area contributed by atoms with E-state index in [9.17, 15) is 4.79 Å². The molecule has 4 nitrogen and oxygen atoms in total. The fourth-order valence-electron chi connectivity index (χ4n) is 4.86. The molecule has 2 aliphatic rings. The molecular formula is C27H28ClN3O. The van der Waals surface area contributed by atoms with Crippen LogP contribution in [0.3, 0.4) is 0 Å². The van der Waals surface area contributed by atoms with Gasteiger partial charge in [0.15, 0.2) is 0 Å². The minimum Gasteiger partial charge on any atom is -0.368 e. The molecule has 1 fully saturated rings. The predicted molar refractivity (Wildman–Crippen MR) is 133 cm³/mol. The average molecular weight is 446 g/mol. The third kappa shape index (κ3) is 3.89. The lowest BCUT2D eigenvalue weighted by molar-refractivity contribution is 0.0922. The van der Waals surface area contributed by atoms with Gasteiger partial charge in [-0.3, -0.25) is 9.69 Å². The third-order valence-electron chi connectivity index (χ3n) is 6.67. The van der Waals surface area contributed by atoms with Gasteiger partial charge in [-0.1, -0.05) is 67.1 Å².